The largest absolute Gasteiger partial charge is 0.481 e. The highest BCUT2D eigenvalue weighted by molar-refractivity contribution is 9.10. The maximum Gasteiger partial charge on any atom is 0.307 e. The van der Waals surface area contributed by atoms with Gasteiger partial charge in [0.2, 0.25) is 0 Å². The fourth-order valence-electron chi connectivity index (χ4n) is 2.05. The summed E-state index contributed by atoms with van der Waals surface area (Å²) in [4.78, 5) is 10.9. The first-order valence-electron chi connectivity index (χ1n) is 6.46. The van der Waals surface area contributed by atoms with Crippen LogP contribution in [0.3, 0.4) is 0 Å². The second kappa shape index (κ2) is 5.79. The van der Waals surface area contributed by atoms with Crippen LogP contribution in [0.2, 0.25) is 0 Å². The molecule has 2 rings (SSSR count). The van der Waals surface area contributed by atoms with Gasteiger partial charge in [-0.15, -0.1) is 0 Å². The van der Waals surface area contributed by atoms with E-state index in [1.54, 1.807) is 4.68 Å². The van der Waals surface area contributed by atoms with Crippen LogP contribution in [0.5, 0.6) is 0 Å². The van der Waals surface area contributed by atoms with E-state index in [1.807, 2.05) is 19.1 Å². The molecule has 5 heteroatoms. The average molecular weight is 337 g/mol. The molecule has 0 unspecified atom stereocenters. The third kappa shape index (κ3) is 2.93. The molecule has 4 nitrogen and oxygen atoms in total. The molecule has 0 radical (unpaired) electrons. The summed E-state index contributed by atoms with van der Waals surface area (Å²) in [6, 6.07) is 8.13. The highest BCUT2D eigenvalue weighted by Gasteiger charge is 2.16. The molecular formula is C15H17BrN2O2. The summed E-state index contributed by atoms with van der Waals surface area (Å²) in [6.07, 6.45) is -0.0313. The van der Waals surface area contributed by atoms with Crippen LogP contribution in [0.15, 0.2) is 28.9 Å². The predicted molar refractivity (Wildman–Crippen MR) is 81.4 cm³/mol. The monoisotopic (exact) mass is 336 g/mol. The lowest BCUT2D eigenvalue weighted by Gasteiger charge is -2.08. The molecule has 0 amide bonds. The molecular weight excluding hydrogens is 320 g/mol. The molecule has 0 fully saturated rings. The zero-order valence-corrected chi connectivity index (χ0v) is 13.3. The van der Waals surface area contributed by atoms with Crippen molar-refractivity contribution in [2.24, 2.45) is 0 Å². The Morgan fingerprint density at radius 3 is 2.45 bits per heavy atom. The summed E-state index contributed by atoms with van der Waals surface area (Å²) in [5, 5.41) is 13.3. The number of carbonyl (C=O) groups is 1. The van der Waals surface area contributed by atoms with Gasteiger partial charge in [-0.2, -0.15) is 5.10 Å². The Morgan fingerprint density at radius 2 is 1.95 bits per heavy atom. The molecule has 0 aliphatic rings. The zero-order valence-electron chi connectivity index (χ0n) is 11.7. The van der Waals surface area contributed by atoms with Gasteiger partial charge in [0.25, 0.3) is 0 Å². The van der Waals surface area contributed by atoms with E-state index in [2.05, 4.69) is 47.0 Å². The van der Waals surface area contributed by atoms with Crippen molar-refractivity contribution in [2.75, 3.05) is 0 Å². The number of benzene rings is 1. The molecule has 1 heterocycles. The first kappa shape index (κ1) is 14.8. The highest BCUT2D eigenvalue weighted by atomic mass is 79.9. The van der Waals surface area contributed by atoms with Crippen molar-refractivity contribution in [1.82, 2.24) is 9.78 Å². The summed E-state index contributed by atoms with van der Waals surface area (Å²) >= 11 is 3.45. The van der Waals surface area contributed by atoms with E-state index in [4.69, 9.17) is 5.11 Å². The number of rotatable bonds is 4. The molecule has 0 saturated heterocycles. The molecule has 106 valence electrons. The van der Waals surface area contributed by atoms with Crippen molar-refractivity contribution in [3.63, 3.8) is 0 Å². The Balaban J connectivity index is 2.40. The van der Waals surface area contributed by atoms with Crippen LogP contribution in [0, 0.1) is 6.92 Å². The first-order chi connectivity index (χ1) is 9.40. The number of carboxylic acids is 1. The SMILES string of the molecule is Cc1nn(-c2ccc(C(C)C)cc2)c(Br)c1CC(=O)O. The molecule has 1 aromatic heterocycles. The number of aliphatic carboxylic acids is 1. The minimum absolute atomic E-state index is 0.0313. The second-order valence-corrected chi connectivity index (χ2v) is 5.83. The standard InChI is InChI=1S/C15H17BrN2O2/c1-9(2)11-4-6-12(7-5-11)18-15(16)13(8-14(19)20)10(3)17-18/h4-7,9H,8H2,1-3H3,(H,19,20). The molecule has 0 bridgehead atoms. The van der Waals surface area contributed by atoms with Crippen molar-refractivity contribution < 1.29 is 9.90 Å². The van der Waals surface area contributed by atoms with Crippen LogP contribution >= 0.6 is 15.9 Å². The van der Waals surface area contributed by atoms with Crippen molar-refractivity contribution >= 4 is 21.9 Å². The zero-order chi connectivity index (χ0) is 14.9. The lowest BCUT2D eigenvalue weighted by Crippen LogP contribution is -2.01. The fourth-order valence-corrected chi connectivity index (χ4v) is 2.77. The Kier molecular flexibility index (Phi) is 4.28. The second-order valence-electron chi connectivity index (χ2n) is 5.08. The van der Waals surface area contributed by atoms with E-state index in [9.17, 15) is 4.79 Å². The quantitative estimate of drug-likeness (QED) is 0.926. The Bertz CT molecular complexity index is 630. The average Bonchev–Trinajstić information content (AvgIpc) is 2.66. The fraction of sp³-hybridized carbons (Fsp3) is 0.333. The topological polar surface area (TPSA) is 55.1 Å². The summed E-state index contributed by atoms with van der Waals surface area (Å²) in [5.74, 6) is -0.377. The maximum atomic E-state index is 10.9. The highest BCUT2D eigenvalue weighted by Crippen LogP contribution is 2.25. The number of aromatic nitrogens is 2. The smallest absolute Gasteiger partial charge is 0.307 e. The van der Waals surface area contributed by atoms with Crippen LogP contribution < -0.4 is 0 Å². The molecule has 2 aromatic rings. The molecule has 0 aliphatic carbocycles. The van der Waals surface area contributed by atoms with Crippen LogP contribution in [-0.4, -0.2) is 20.9 Å². The van der Waals surface area contributed by atoms with Gasteiger partial charge in [0.05, 0.1) is 17.8 Å². The molecule has 20 heavy (non-hydrogen) atoms. The van der Waals surface area contributed by atoms with Crippen LogP contribution in [0.25, 0.3) is 5.69 Å². The minimum Gasteiger partial charge on any atom is -0.481 e. The summed E-state index contributed by atoms with van der Waals surface area (Å²) in [5.41, 5.74) is 3.62. The van der Waals surface area contributed by atoms with Crippen LogP contribution in [0.1, 0.15) is 36.6 Å². The predicted octanol–water partition coefficient (Wildman–Crippen LogP) is 3.69. The summed E-state index contributed by atoms with van der Waals surface area (Å²) in [7, 11) is 0. The van der Waals surface area contributed by atoms with Gasteiger partial charge in [-0.3, -0.25) is 4.79 Å². The molecule has 1 N–H and O–H groups in total. The first-order valence-corrected chi connectivity index (χ1v) is 7.25. The molecule has 0 spiro atoms. The molecule has 0 aliphatic heterocycles. The number of hydrogen-bond donors (Lipinski definition) is 1. The lowest BCUT2D eigenvalue weighted by atomic mass is 10.0. The Hall–Kier alpha value is -1.62. The Labute approximate surface area is 126 Å². The van der Waals surface area contributed by atoms with Gasteiger partial charge < -0.3 is 5.11 Å². The van der Waals surface area contributed by atoms with Crippen LogP contribution in [0.4, 0.5) is 0 Å². The number of hydrogen-bond acceptors (Lipinski definition) is 2. The number of carboxylic acid groups (broad SMARTS) is 1. The van der Waals surface area contributed by atoms with Crippen molar-refractivity contribution in [2.45, 2.75) is 33.1 Å². The minimum atomic E-state index is -0.858. The lowest BCUT2D eigenvalue weighted by molar-refractivity contribution is -0.136. The van der Waals surface area contributed by atoms with Crippen molar-refractivity contribution in [1.29, 1.82) is 0 Å². The third-order valence-corrected chi connectivity index (χ3v) is 4.07. The summed E-state index contributed by atoms with van der Waals surface area (Å²) < 4.78 is 2.44. The van der Waals surface area contributed by atoms with Crippen molar-refractivity contribution in [3.05, 3.63) is 45.7 Å². The third-order valence-electron chi connectivity index (χ3n) is 3.25. The summed E-state index contributed by atoms with van der Waals surface area (Å²) in [6.45, 7) is 6.11. The van der Waals surface area contributed by atoms with E-state index < -0.39 is 5.97 Å². The normalized spacial score (nSPS) is 11.1. The van der Waals surface area contributed by atoms with Gasteiger partial charge in [-0.25, -0.2) is 4.68 Å². The van der Waals surface area contributed by atoms with E-state index in [1.165, 1.54) is 5.56 Å². The van der Waals surface area contributed by atoms with E-state index in [-0.39, 0.29) is 6.42 Å². The van der Waals surface area contributed by atoms with Gasteiger partial charge in [0.1, 0.15) is 4.60 Å². The maximum absolute atomic E-state index is 10.9. The van der Waals surface area contributed by atoms with Crippen molar-refractivity contribution in [3.8, 4) is 5.69 Å². The van der Waals surface area contributed by atoms with Gasteiger partial charge in [-0.05, 0) is 46.5 Å². The van der Waals surface area contributed by atoms with Gasteiger partial charge in [-0.1, -0.05) is 26.0 Å². The molecule has 0 atom stereocenters. The number of halogens is 1. The van der Waals surface area contributed by atoms with E-state index >= 15 is 0 Å². The van der Waals surface area contributed by atoms with Gasteiger partial charge in [0.15, 0.2) is 0 Å². The molecule has 0 saturated carbocycles. The van der Waals surface area contributed by atoms with Gasteiger partial charge in [0, 0.05) is 5.56 Å². The Morgan fingerprint density at radius 1 is 1.35 bits per heavy atom. The van der Waals surface area contributed by atoms with E-state index in [0.29, 0.717) is 16.1 Å². The van der Waals surface area contributed by atoms with Gasteiger partial charge >= 0.3 is 5.97 Å². The molecule has 1 aromatic carbocycles. The van der Waals surface area contributed by atoms with E-state index in [0.717, 1.165) is 11.4 Å². The van der Waals surface area contributed by atoms with Crippen LogP contribution in [-0.2, 0) is 11.2 Å². The number of nitrogens with zero attached hydrogens (tertiary/aromatic N) is 2. The number of aryl methyl sites for hydroxylation is 1.